The summed E-state index contributed by atoms with van der Waals surface area (Å²) in [6.07, 6.45) is -0.404. The lowest BCUT2D eigenvalue weighted by atomic mass is 10.1. The average Bonchev–Trinajstić information content (AvgIpc) is 2.38. The van der Waals surface area contributed by atoms with Gasteiger partial charge in [0.25, 0.3) is 0 Å². The predicted octanol–water partition coefficient (Wildman–Crippen LogP) is 2.93. The molecule has 1 aromatic rings. The van der Waals surface area contributed by atoms with Gasteiger partial charge in [-0.2, -0.15) is 0 Å². The van der Waals surface area contributed by atoms with E-state index >= 15 is 0 Å². The second-order valence-electron chi connectivity index (χ2n) is 5.57. The largest absolute Gasteiger partial charge is 0.477 e. The van der Waals surface area contributed by atoms with E-state index < -0.39 is 34.9 Å². The van der Waals surface area contributed by atoms with Gasteiger partial charge in [-0.3, -0.25) is 0 Å². The van der Waals surface area contributed by atoms with Crippen molar-refractivity contribution < 1.29 is 28.2 Å². The van der Waals surface area contributed by atoms with Gasteiger partial charge in [0.2, 0.25) is 0 Å². The van der Waals surface area contributed by atoms with Crippen molar-refractivity contribution in [3.8, 4) is 11.8 Å². The molecule has 0 heterocycles. The fourth-order valence-electron chi connectivity index (χ4n) is 1.54. The zero-order valence-corrected chi connectivity index (χ0v) is 13.0. The highest BCUT2D eigenvalue weighted by Crippen LogP contribution is 2.16. The van der Waals surface area contributed by atoms with E-state index in [1.54, 1.807) is 20.8 Å². The number of halogens is 2. The lowest BCUT2D eigenvalue weighted by molar-refractivity contribution is 0.0528. The lowest BCUT2D eigenvalue weighted by Gasteiger charge is -2.19. The van der Waals surface area contributed by atoms with Crippen LogP contribution in [0.4, 0.5) is 13.6 Å². The lowest BCUT2D eigenvalue weighted by Crippen LogP contribution is -2.32. The standard InChI is InChI=1S/C16H17F2NO4/c1-16(2,3)23-15(22)19-9-5-4-6-10-7-8-11(17)12(13(10)18)14(20)21/h7-8H,5,9H2,1-3H3,(H,19,22)(H,20,21). The number of benzene rings is 1. The summed E-state index contributed by atoms with van der Waals surface area (Å²) in [5, 5.41) is 11.2. The van der Waals surface area contributed by atoms with Crippen LogP contribution >= 0.6 is 0 Å². The van der Waals surface area contributed by atoms with Crippen molar-refractivity contribution >= 4 is 12.1 Å². The molecular weight excluding hydrogens is 308 g/mol. The topological polar surface area (TPSA) is 75.6 Å². The number of nitrogens with one attached hydrogen (secondary N) is 1. The van der Waals surface area contributed by atoms with Gasteiger partial charge in [0.05, 0.1) is 5.56 Å². The van der Waals surface area contributed by atoms with Gasteiger partial charge in [-0.1, -0.05) is 11.8 Å². The summed E-state index contributed by atoms with van der Waals surface area (Å²) in [6.45, 7) is 5.35. The molecule has 7 heteroatoms. The molecule has 1 aromatic carbocycles. The molecule has 124 valence electrons. The molecule has 0 aliphatic carbocycles. The van der Waals surface area contributed by atoms with E-state index in [9.17, 15) is 18.4 Å². The molecule has 0 saturated heterocycles. The van der Waals surface area contributed by atoms with Crippen molar-refractivity contribution in [1.82, 2.24) is 5.32 Å². The Kier molecular flexibility index (Phi) is 6.08. The molecule has 0 fully saturated rings. The van der Waals surface area contributed by atoms with Gasteiger partial charge in [-0.25, -0.2) is 18.4 Å². The summed E-state index contributed by atoms with van der Waals surface area (Å²) in [6, 6.07) is 1.90. The number of ether oxygens (including phenoxy) is 1. The number of amides is 1. The van der Waals surface area contributed by atoms with Gasteiger partial charge in [0, 0.05) is 13.0 Å². The molecule has 23 heavy (non-hydrogen) atoms. The molecule has 5 nitrogen and oxygen atoms in total. The Balaban J connectivity index is 2.63. The van der Waals surface area contributed by atoms with Crippen LogP contribution in [0.5, 0.6) is 0 Å². The quantitative estimate of drug-likeness (QED) is 0.662. The van der Waals surface area contributed by atoms with E-state index in [0.717, 1.165) is 12.1 Å². The van der Waals surface area contributed by atoms with Crippen molar-refractivity contribution in [2.45, 2.75) is 32.8 Å². The van der Waals surface area contributed by atoms with E-state index in [2.05, 4.69) is 17.2 Å². The first-order valence-electron chi connectivity index (χ1n) is 6.79. The predicted molar refractivity (Wildman–Crippen MR) is 79.0 cm³/mol. The normalized spacial score (nSPS) is 10.5. The Labute approximate surface area is 132 Å². The number of hydrogen-bond donors (Lipinski definition) is 2. The van der Waals surface area contributed by atoms with Crippen LogP contribution in [-0.4, -0.2) is 29.3 Å². The average molecular weight is 325 g/mol. The second-order valence-corrected chi connectivity index (χ2v) is 5.57. The van der Waals surface area contributed by atoms with Gasteiger partial charge in [0.1, 0.15) is 17.0 Å². The summed E-state index contributed by atoms with van der Waals surface area (Å²) in [5.41, 5.74) is -1.87. The molecule has 0 atom stereocenters. The summed E-state index contributed by atoms with van der Waals surface area (Å²) in [7, 11) is 0. The van der Waals surface area contributed by atoms with Gasteiger partial charge < -0.3 is 15.2 Å². The Morgan fingerprint density at radius 2 is 1.96 bits per heavy atom. The van der Waals surface area contributed by atoms with Crippen molar-refractivity contribution in [2.24, 2.45) is 0 Å². The molecule has 2 N–H and O–H groups in total. The third-order valence-electron chi connectivity index (χ3n) is 2.45. The van der Waals surface area contributed by atoms with Crippen LogP contribution in [0.1, 0.15) is 43.1 Å². The maximum absolute atomic E-state index is 13.8. The molecule has 1 rings (SSSR count). The molecule has 0 aliphatic rings. The zero-order valence-electron chi connectivity index (χ0n) is 13.0. The molecular formula is C16H17F2NO4. The summed E-state index contributed by atoms with van der Waals surface area (Å²) >= 11 is 0. The van der Waals surface area contributed by atoms with Crippen LogP contribution in [0.2, 0.25) is 0 Å². The van der Waals surface area contributed by atoms with Gasteiger partial charge in [-0.05, 0) is 32.9 Å². The number of carbonyl (C=O) groups is 2. The first-order valence-corrected chi connectivity index (χ1v) is 6.79. The van der Waals surface area contributed by atoms with Crippen LogP contribution in [0.3, 0.4) is 0 Å². The molecule has 0 radical (unpaired) electrons. The highest BCUT2D eigenvalue weighted by atomic mass is 19.1. The highest BCUT2D eigenvalue weighted by molar-refractivity contribution is 5.88. The Morgan fingerprint density at radius 1 is 1.30 bits per heavy atom. The molecule has 0 unspecified atom stereocenters. The highest BCUT2D eigenvalue weighted by Gasteiger charge is 2.19. The molecule has 0 spiro atoms. The fraction of sp³-hybridized carbons (Fsp3) is 0.375. The Hall–Kier alpha value is -2.62. The zero-order chi connectivity index (χ0) is 17.6. The van der Waals surface area contributed by atoms with Crippen LogP contribution in [0.15, 0.2) is 12.1 Å². The van der Waals surface area contributed by atoms with E-state index in [-0.39, 0.29) is 18.5 Å². The number of carboxylic acid groups (broad SMARTS) is 1. The van der Waals surface area contributed by atoms with Crippen LogP contribution < -0.4 is 5.32 Å². The summed E-state index contributed by atoms with van der Waals surface area (Å²) in [5.74, 6) is 0.905. The maximum atomic E-state index is 13.8. The second kappa shape index (κ2) is 7.58. The van der Waals surface area contributed by atoms with Crippen LogP contribution in [-0.2, 0) is 4.74 Å². The summed E-state index contributed by atoms with van der Waals surface area (Å²) in [4.78, 5) is 22.1. The minimum Gasteiger partial charge on any atom is -0.477 e. The number of carbonyl (C=O) groups excluding carboxylic acids is 1. The molecule has 0 bridgehead atoms. The number of alkyl carbamates (subject to hydrolysis) is 1. The number of hydrogen-bond acceptors (Lipinski definition) is 3. The van der Waals surface area contributed by atoms with Crippen molar-refractivity contribution in [3.63, 3.8) is 0 Å². The van der Waals surface area contributed by atoms with Gasteiger partial charge >= 0.3 is 12.1 Å². The third-order valence-corrected chi connectivity index (χ3v) is 2.45. The first-order chi connectivity index (χ1) is 10.6. The van der Waals surface area contributed by atoms with Gasteiger partial charge in [-0.15, -0.1) is 0 Å². The molecule has 0 aliphatic heterocycles. The van der Waals surface area contributed by atoms with E-state index in [0.29, 0.717) is 0 Å². The third kappa shape index (κ3) is 5.94. The van der Waals surface area contributed by atoms with E-state index in [1.165, 1.54) is 0 Å². The Morgan fingerprint density at radius 3 is 2.52 bits per heavy atom. The smallest absolute Gasteiger partial charge is 0.407 e. The number of aromatic carboxylic acids is 1. The molecule has 0 saturated carbocycles. The minimum atomic E-state index is -1.70. The van der Waals surface area contributed by atoms with E-state index in [1.807, 2.05) is 0 Å². The Bertz CT molecular complexity index is 669. The van der Waals surface area contributed by atoms with Crippen LogP contribution in [0.25, 0.3) is 0 Å². The summed E-state index contributed by atoms with van der Waals surface area (Å²) < 4.78 is 32.0. The maximum Gasteiger partial charge on any atom is 0.407 e. The van der Waals surface area contributed by atoms with Crippen molar-refractivity contribution in [2.75, 3.05) is 6.54 Å². The monoisotopic (exact) mass is 325 g/mol. The molecule has 1 amide bonds. The van der Waals surface area contributed by atoms with Crippen molar-refractivity contribution in [3.05, 3.63) is 34.9 Å². The first kappa shape index (κ1) is 18.4. The van der Waals surface area contributed by atoms with Crippen LogP contribution in [0, 0.1) is 23.5 Å². The number of rotatable bonds is 3. The molecule has 0 aromatic heterocycles. The number of carboxylic acids is 1. The SMILES string of the molecule is CC(C)(C)OC(=O)NCCC#Cc1ccc(F)c(C(=O)O)c1F. The van der Waals surface area contributed by atoms with Gasteiger partial charge in [0.15, 0.2) is 5.82 Å². The fourth-order valence-corrected chi connectivity index (χ4v) is 1.54. The minimum absolute atomic E-state index is 0.177. The van der Waals surface area contributed by atoms with Crippen molar-refractivity contribution in [1.29, 1.82) is 0 Å². The van der Waals surface area contributed by atoms with E-state index in [4.69, 9.17) is 9.84 Å².